The van der Waals surface area contributed by atoms with E-state index in [1.165, 1.54) is 32.1 Å². The number of carbonyl (C=O) groups is 1. The number of rotatable bonds is 2. The molecular weight excluding hydrogens is 214 g/mol. The molecule has 1 N–H and O–H groups in total. The molecule has 0 bridgehead atoms. The van der Waals surface area contributed by atoms with E-state index in [1.807, 2.05) is 11.8 Å². The second-order valence-electron chi connectivity index (χ2n) is 5.81. The highest BCUT2D eigenvalue weighted by molar-refractivity contribution is 5.80. The lowest BCUT2D eigenvalue weighted by atomic mass is 9.86. The van der Waals surface area contributed by atoms with Gasteiger partial charge in [0.05, 0.1) is 18.7 Å². The summed E-state index contributed by atoms with van der Waals surface area (Å²) in [5.74, 6) is 0.529. The summed E-state index contributed by atoms with van der Waals surface area (Å²) in [4.78, 5) is 14.1. The molecule has 0 spiro atoms. The van der Waals surface area contributed by atoms with E-state index in [1.54, 1.807) is 0 Å². The summed E-state index contributed by atoms with van der Waals surface area (Å²) in [6.07, 6.45) is 9.15. The summed E-state index contributed by atoms with van der Waals surface area (Å²) >= 11 is 0. The highest BCUT2D eigenvalue weighted by Gasteiger charge is 2.43. The largest absolute Gasteiger partial charge is 0.386 e. The van der Waals surface area contributed by atoms with Gasteiger partial charge in [-0.1, -0.05) is 39.0 Å². The molecule has 98 valence electrons. The van der Waals surface area contributed by atoms with Crippen LogP contribution in [-0.4, -0.2) is 34.6 Å². The first-order valence-corrected chi connectivity index (χ1v) is 7.16. The molecule has 3 heteroatoms. The quantitative estimate of drug-likeness (QED) is 0.803. The van der Waals surface area contributed by atoms with Crippen molar-refractivity contribution in [2.24, 2.45) is 5.92 Å². The normalized spacial score (nSPS) is 25.9. The molecule has 0 aromatic heterocycles. The highest BCUT2D eigenvalue weighted by Crippen LogP contribution is 2.29. The van der Waals surface area contributed by atoms with Gasteiger partial charge in [0.25, 0.3) is 0 Å². The molecule has 1 aliphatic carbocycles. The first-order chi connectivity index (χ1) is 8.14. The number of hydrogen-bond donors (Lipinski definition) is 1. The Labute approximate surface area is 104 Å². The minimum Gasteiger partial charge on any atom is -0.386 e. The smallest absolute Gasteiger partial charge is 0.225 e. The third-order valence-corrected chi connectivity index (χ3v) is 4.39. The fourth-order valence-electron chi connectivity index (χ4n) is 3.00. The van der Waals surface area contributed by atoms with Gasteiger partial charge in [0.1, 0.15) is 0 Å². The Bertz CT molecular complexity index is 263. The van der Waals surface area contributed by atoms with Crippen LogP contribution in [0.15, 0.2) is 0 Å². The molecule has 0 aromatic carbocycles. The maximum Gasteiger partial charge on any atom is 0.225 e. The van der Waals surface area contributed by atoms with Gasteiger partial charge >= 0.3 is 0 Å². The molecule has 2 fully saturated rings. The lowest BCUT2D eigenvalue weighted by Gasteiger charge is -2.47. The Morgan fingerprint density at radius 2 is 1.71 bits per heavy atom. The van der Waals surface area contributed by atoms with Crippen LogP contribution in [-0.2, 0) is 4.79 Å². The molecule has 1 heterocycles. The first kappa shape index (κ1) is 12.9. The van der Waals surface area contributed by atoms with E-state index >= 15 is 0 Å². The molecule has 3 nitrogen and oxygen atoms in total. The molecular formula is C14H25NO2. The van der Waals surface area contributed by atoms with Crippen LogP contribution < -0.4 is 0 Å². The van der Waals surface area contributed by atoms with Gasteiger partial charge in [-0.15, -0.1) is 0 Å². The van der Waals surface area contributed by atoms with Crippen molar-refractivity contribution in [3.8, 4) is 0 Å². The Morgan fingerprint density at radius 3 is 2.24 bits per heavy atom. The number of carbonyl (C=O) groups excluding carboxylic acids is 1. The molecule has 2 aliphatic rings. The van der Waals surface area contributed by atoms with Crippen LogP contribution in [0.2, 0.25) is 0 Å². The summed E-state index contributed by atoms with van der Waals surface area (Å²) < 4.78 is 0. The van der Waals surface area contributed by atoms with Gasteiger partial charge in [0.2, 0.25) is 5.91 Å². The van der Waals surface area contributed by atoms with Gasteiger partial charge in [0.15, 0.2) is 0 Å². The molecule has 0 aromatic rings. The summed E-state index contributed by atoms with van der Waals surface area (Å²) in [6, 6.07) is 0. The van der Waals surface area contributed by atoms with Gasteiger partial charge in [-0.05, 0) is 19.3 Å². The second kappa shape index (κ2) is 5.38. The van der Waals surface area contributed by atoms with Crippen molar-refractivity contribution in [2.45, 2.75) is 63.9 Å². The number of aliphatic hydroxyl groups is 1. The Kier molecular flexibility index (Phi) is 4.08. The van der Waals surface area contributed by atoms with Crippen LogP contribution in [0.3, 0.4) is 0 Å². The van der Waals surface area contributed by atoms with Gasteiger partial charge in [-0.25, -0.2) is 0 Å². The van der Waals surface area contributed by atoms with E-state index in [2.05, 4.69) is 0 Å². The average Bonchev–Trinajstić information content (AvgIpc) is 2.23. The number of nitrogens with zero attached hydrogens (tertiary/aromatic N) is 1. The maximum absolute atomic E-state index is 12.3. The lowest BCUT2D eigenvalue weighted by molar-refractivity contribution is -0.160. The summed E-state index contributed by atoms with van der Waals surface area (Å²) in [6.45, 7) is 3.09. The highest BCUT2D eigenvalue weighted by atomic mass is 16.3. The maximum atomic E-state index is 12.3. The van der Waals surface area contributed by atoms with Crippen LogP contribution in [0, 0.1) is 5.92 Å². The van der Waals surface area contributed by atoms with Crippen molar-refractivity contribution < 1.29 is 9.90 Å². The number of likely N-dealkylation sites (tertiary alicyclic amines) is 1. The number of hydrogen-bond acceptors (Lipinski definition) is 2. The van der Waals surface area contributed by atoms with Crippen molar-refractivity contribution in [1.82, 2.24) is 4.90 Å². The molecule has 2 rings (SSSR count). The van der Waals surface area contributed by atoms with Crippen molar-refractivity contribution in [3.63, 3.8) is 0 Å². The van der Waals surface area contributed by atoms with Crippen LogP contribution in [0.4, 0.5) is 0 Å². The topological polar surface area (TPSA) is 40.5 Å². The predicted molar refractivity (Wildman–Crippen MR) is 67.6 cm³/mol. The lowest BCUT2D eigenvalue weighted by Crippen LogP contribution is -2.64. The summed E-state index contributed by atoms with van der Waals surface area (Å²) in [5.41, 5.74) is -0.586. The first-order valence-electron chi connectivity index (χ1n) is 7.16. The molecule has 0 atom stereocenters. The van der Waals surface area contributed by atoms with Gasteiger partial charge in [0, 0.05) is 5.92 Å². The fourth-order valence-corrected chi connectivity index (χ4v) is 3.00. The fraction of sp³-hybridized carbons (Fsp3) is 0.929. The standard InChI is InChI=1S/C14H25NO2/c1-2-14(17)10-15(11-14)13(16)12-8-6-4-3-5-7-9-12/h12,17H,2-11H2,1H3. The Balaban J connectivity index is 1.83. The van der Waals surface area contributed by atoms with Crippen LogP contribution in [0.5, 0.6) is 0 Å². The van der Waals surface area contributed by atoms with Gasteiger partial charge < -0.3 is 10.0 Å². The molecule has 1 saturated heterocycles. The molecule has 1 aliphatic heterocycles. The Morgan fingerprint density at radius 1 is 1.18 bits per heavy atom. The zero-order valence-electron chi connectivity index (χ0n) is 11.0. The minimum absolute atomic E-state index is 0.233. The van der Waals surface area contributed by atoms with E-state index in [4.69, 9.17) is 0 Å². The van der Waals surface area contributed by atoms with E-state index in [0.717, 1.165) is 19.3 Å². The van der Waals surface area contributed by atoms with Crippen molar-refractivity contribution >= 4 is 5.91 Å². The van der Waals surface area contributed by atoms with E-state index in [-0.39, 0.29) is 5.92 Å². The third-order valence-electron chi connectivity index (χ3n) is 4.39. The van der Waals surface area contributed by atoms with E-state index in [9.17, 15) is 9.90 Å². The molecule has 1 saturated carbocycles. The van der Waals surface area contributed by atoms with Crippen LogP contribution >= 0.6 is 0 Å². The zero-order chi connectivity index (χ0) is 12.3. The van der Waals surface area contributed by atoms with Crippen molar-refractivity contribution in [1.29, 1.82) is 0 Å². The van der Waals surface area contributed by atoms with Crippen molar-refractivity contribution in [2.75, 3.05) is 13.1 Å². The van der Waals surface area contributed by atoms with Gasteiger partial charge in [-0.2, -0.15) is 0 Å². The summed E-state index contributed by atoms with van der Waals surface area (Å²) in [7, 11) is 0. The number of amides is 1. The summed E-state index contributed by atoms with van der Waals surface area (Å²) in [5, 5.41) is 9.94. The van der Waals surface area contributed by atoms with E-state index < -0.39 is 5.60 Å². The van der Waals surface area contributed by atoms with Crippen LogP contribution in [0.1, 0.15) is 58.3 Å². The molecule has 17 heavy (non-hydrogen) atoms. The minimum atomic E-state index is -0.586. The molecule has 0 unspecified atom stereocenters. The van der Waals surface area contributed by atoms with E-state index in [0.29, 0.717) is 19.0 Å². The third kappa shape index (κ3) is 3.01. The van der Waals surface area contributed by atoms with Crippen LogP contribution in [0.25, 0.3) is 0 Å². The SMILES string of the molecule is CCC1(O)CN(C(=O)C2CCCCCCC2)C1. The Hall–Kier alpha value is -0.570. The molecule has 1 amide bonds. The van der Waals surface area contributed by atoms with Crippen molar-refractivity contribution in [3.05, 3.63) is 0 Å². The second-order valence-corrected chi connectivity index (χ2v) is 5.81. The molecule has 0 radical (unpaired) electrons. The number of β-amino-alcohol motifs (C(OH)–C–C–N with tert-alkyl or cyclic N) is 1. The average molecular weight is 239 g/mol. The monoisotopic (exact) mass is 239 g/mol. The van der Waals surface area contributed by atoms with Gasteiger partial charge in [-0.3, -0.25) is 4.79 Å². The predicted octanol–water partition coefficient (Wildman–Crippen LogP) is 2.33. The zero-order valence-corrected chi connectivity index (χ0v) is 11.0.